The second kappa shape index (κ2) is 6.83. The van der Waals surface area contributed by atoms with Gasteiger partial charge in [0.1, 0.15) is 5.75 Å². The summed E-state index contributed by atoms with van der Waals surface area (Å²) in [5.41, 5.74) is 1.29. The van der Waals surface area contributed by atoms with Gasteiger partial charge in [-0.25, -0.2) is 4.98 Å². The number of nitrogens with zero attached hydrogens (tertiary/aromatic N) is 3. The lowest BCUT2D eigenvalue weighted by Gasteiger charge is -2.14. The molecule has 0 fully saturated rings. The van der Waals surface area contributed by atoms with Crippen molar-refractivity contribution in [3.8, 4) is 11.4 Å². The molecule has 2 aromatic heterocycles. The molecule has 0 saturated carbocycles. The molecule has 2 heterocycles. The van der Waals surface area contributed by atoms with E-state index in [1.54, 1.807) is 37.2 Å². The monoisotopic (exact) mass is 327 g/mol. The highest BCUT2D eigenvalue weighted by molar-refractivity contribution is 7.99. The van der Waals surface area contributed by atoms with Crippen molar-refractivity contribution in [3.05, 3.63) is 52.9 Å². The standard InChI is InChI=1S/C17H17N3O2S/c1-3-11-23-17-19-16(21)14-5-4-10-18-15(14)20(17)12-6-8-13(22-2)9-7-12/h4-10H,3,11H2,1-2H3. The summed E-state index contributed by atoms with van der Waals surface area (Å²) in [6.45, 7) is 2.10. The predicted molar refractivity (Wildman–Crippen MR) is 92.7 cm³/mol. The van der Waals surface area contributed by atoms with Crippen LogP contribution in [-0.2, 0) is 0 Å². The molecular weight excluding hydrogens is 310 g/mol. The lowest BCUT2D eigenvalue weighted by Crippen LogP contribution is -2.16. The van der Waals surface area contributed by atoms with Gasteiger partial charge >= 0.3 is 0 Å². The maximum atomic E-state index is 12.2. The average molecular weight is 327 g/mol. The molecule has 0 N–H and O–H groups in total. The van der Waals surface area contributed by atoms with Crippen molar-refractivity contribution in [2.75, 3.05) is 12.9 Å². The third-order valence-corrected chi connectivity index (χ3v) is 4.53. The maximum absolute atomic E-state index is 12.2. The molecule has 0 aliphatic rings. The van der Waals surface area contributed by atoms with E-state index in [-0.39, 0.29) is 5.56 Å². The van der Waals surface area contributed by atoms with Crippen molar-refractivity contribution in [3.63, 3.8) is 0 Å². The molecule has 1 aromatic carbocycles. The summed E-state index contributed by atoms with van der Waals surface area (Å²) in [4.78, 5) is 20.9. The lowest BCUT2D eigenvalue weighted by molar-refractivity contribution is 0.414. The maximum Gasteiger partial charge on any atom is 0.283 e. The van der Waals surface area contributed by atoms with Gasteiger partial charge < -0.3 is 4.74 Å². The SMILES string of the molecule is CCCSc1nc(=O)c2cccnc2n1-c1ccc(OC)cc1. The van der Waals surface area contributed by atoms with Crippen molar-refractivity contribution in [2.24, 2.45) is 0 Å². The average Bonchev–Trinajstić information content (AvgIpc) is 2.60. The van der Waals surface area contributed by atoms with Crippen LogP contribution in [0.4, 0.5) is 0 Å². The van der Waals surface area contributed by atoms with Crippen LogP contribution in [0.1, 0.15) is 13.3 Å². The summed E-state index contributed by atoms with van der Waals surface area (Å²) >= 11 is 1.56. The van der Waals surface area contributed by atoms with Crippen LogP contribution in [0.25, 0.3) is 16.7 Å². The van der Waals surface area contributed by atoms with Gasteiger partial charge in [-0.3, -0.25) is 9.36 Å². The van der Waals surface area contributed by atoms with Crippen LogP contribution in [0.2, 0.25) is 0 Å². The van der Waals surface area contributed by atoms with E-state index in [1.165, 1.54) is 0 Å². The molecule has 23 heavy (non-hydrogen) atoms. The Hall–Kier alpha value is -2.34. The summed E-state index contributed by atoms with van der Waals surface area (Å²) in [7, 11) is 1.63. The van der Waals surface area contributed by atoms with Crippen LogP contribution in [0.5, 0.6) is 5.75 Å². The number of aromatic nitrogens is 3. The molecule has 0 unspecified atom stereocenters. The van der Waals surface area contributed by atoms with E-state index < -0.39 is 0 Å². The summed E-state index contributed by atoms with van der Waals surface area (Å²) in [6.07, 6.45) is 2.69. The van der Waals surface area contributed by atoms with E-state index in [4.69, 9.17) is 4.74 Å². The van der Waals surface area contributed by atoms with E-state index in [0.717, 1.165) is 23.6 Å². The fourth-order valence-electron chi connectivity index (χ4n) is 2.28. The first-order valence-corrected chi connectivity index (χ1v) is 8.38. The minimum atomic E-state index is -0.239. The number of rotatable bonds is 5. The van der Waals surface area contributed by atoms with Gasteiger partial charge in [0.25, 0.3) is 5.56 Å². The largest absolute Gasteiger partial charge is 0.497 e. The van der Waals surface area contributed by atoms with Crippen molar-refractivity contribution < 1.29 is 4.74 Å². The van der Waals surface area contributed by atoms with Crippen LogP contribution >= 0.6 is 11.8 Å². The highest BCUT2D eigenvalue weighted by atomic mass is 32.2. The van der Waals surface area contributed by atoms with Gasteiger partial charge in [-0.1, -0.05) is 18.7 Å². The van der Waals surface area contributed by atoms with E-state index in [1.807, 2.05) is 28.8 Å². The smallest absolute Gasteiger partial charge is 0.283 e. The Kier molecular flexibility index (Phi) is 4.62. The molecule has 0 radical (unpaired) electrons. The van der Waals surface area contributed by atoms with Crippen LogP contribution in [0.3, 0.4) is 0 Å². The van der Waals surface area contributed by atoms with Gasteiger partial charge in [0.2, 0.25) is 0 Å². The minimum Gasteiger partial charge on any atom is -0.497 e. The van der Waals surface area contributed by atoms with Crippen molar-refractivity contribution in [2.45, 2.75) is 18.5 Å². The molecule has 0 amide bonds. The van der Waals surface area contributed by atoms with Crippen LogP contribution < -0.4 is 10.3 Å². The first-order valence-electron chi connectivity index (χ1n) is 7.39. The number of hydrogen-bond donors (Lipinski definition) is 0. The fourth-order valence-corrected chi connectivity index (χ4v) is 3.14. The second-order valence-electron chi connectivity index (χ2n) is 4.96. The Balaban J connectivity index is 2.25. The Morgan fingerprint density at radius 1 is 1.22 bits per heavy atom. The molecule has 0 saturated heterocycles. The molecule has 118 valence electrons. The lowest BCUT2D eigenvalue weighted by atomic mass is 10.2. The first kappa shape index (κ1) is 15.6. The Labute approximate surface area is 138 Å². The normalized spacial score (nSPS) is 10.9. The van der Waals surface area contributed by atoms with Crippen LogP contribution in [0.15, 0.2) is 52.5 Å². The zero-order chi connectivity index (χ0) is 16.2. The number of benzene rings is 1. The van der Waals surface area contributed by atoms with Gasteiger partial charge in [-0.05, 0) is 42.8 Å². The number of thioether (sulfide) groups is 1. The minimum absolute atomic E-state index is 0.239. The molecule has 0 spiro atoms. The summed E-state index contributed by atoms with van der Waals surface area (Å²) in [6, 6.07) is 11.2. The Bertz CT molecular complexity index is 875. The number of pyridine rings is 1. The van der Waals surface area contributed by atoms with E-state index in [2.05, 4.69) is 16.9 Å². The molecule has 0 atom stereocenters. The van der Waals surface area contributed by atoms with E-state index >= 15 is 0 Å². The fraction of sp³-hybridized carbons (Fsp3) is 0.235. The van der Waals surface area contributed by atoms with Gasteiger partial charge in [-0.15, -0.1) is 0 Å². The van der Waals surface area contributed by atoms with Gasteiger partial charge in [0, 0.05) is 17.6 Å². The molecule has 0 aliphatic heterocycles. The van der Waals surface area contributed by atoms with Crippen LogP contribution in [0, 0.1) is 0 Å². The first-order chi connectivity index (χ1) is 11.2. The van der Waals surface area contributed by atoms with Gasteiger partial charge in [-0.2, -0.15) is 4.98 Å². The number of hydrogen-bond acceptors (Lipinski definition) is 5. The highest BCUT2D eigenvalue weighted by Gasteiger charge is 2.13. The van der Waals surface area contributed by atoms with E-state index in [9.17, 15) is 4.79 Å². The van der Waals surface area contributed by atoms with Crippen molar-refractivity contribution >= 4 is 22.8 Å². The van der Waals surface area contributed by atoms with Gasteiger partial charge in [0.15, 0.2) is 10.8 Å². The highest BCUT2D eigenvalue weighted by Crippen LogP contribution is 2.25. The molecule has 0 bridgehead atoms. The third kappa shape index (κ3) is 3.07. The number of fused-ring (bicyclic) bond motifs is 1. The summed E-state index contributed by atoms with van der Waals surface area (Å²) in [5, 5.41) is 1.18. The Morgan fingerprint density at radius 2 is 2.00 bits per heavy atom. The molecule has 0 aliphatic carbocycles. The van der Waals surface area contributed by atoms with E-state index in [0.29, 0.717) is 16.2 Å². The quantitative estimate of drug-likeness (QED) is 0.532. The topological polar surface area (TPSA) is 57.0 Å². The summed E-state index contributed by atoms with van der Waals surface area (Å²) in [5.74, 6) is 1.67. The van der Waals surface area contributed by atoms with Crippen molar-refractivity contribution in [1.82, 2.24) is 14.5 Å². The van der Waals surface area contributed by atoms with Crippen molar-refractivity contribution in [1.29, 1.82) is 0 Å². The third-order valence-electron chi connectivity index (χ3n) is 3.38. The number of methoxy groups -OCH3 is 1. The molecule has 5 nitrogen and oxygen atoms in total. The molecule has 3 aromatic rings. The Morgan fingerprint density at radius 3 is 2.70 bits per heavy atom. The zero-order valence-electron chi connectivity index (χ0n) is 13.0. The molecule has 6 heteroatoms. The molecular formula is C17H17N3O2S. The number of ether oxygens (including phenoxy) is 1. The second-order valence-corrected chi connectivity index (χ2v) is 6.02. The predicted octanol–water partition coefficient (Wildman–Crippen LogP) is 3.29. The summed E-state index contributed by atoms with van der Waals surface area (Å²) < 4.78 is 7.14. The van der Waals surface area contributed by atoms with Crippen LogP contribution in [-0.4, -0.2) is 27.4 Å². The zero-order valence-corrected chi connectivity index (χ0v) is 13.8. The van der Waals surface area contributed by atoms with Gasteiger partial charge in [0.05, 0.1) is 12.5 Å². The molecule has 3 rings (SSSR count).